The predicted molar refractivity (Wildman–Crippen MR) is 89.1 cm³/mol. The average molecular weight is 306 g/mol. The van der Waals surface area contributed by atoms with Gasteiger partial charge in [-0.2, -0.15) is 0 Å². The summed E-state index contributed by atoms with van der Waals surface area (Å²) >= 11 is 0. The standard InChI is InChI=1S/C17H27N3O2/c1-12(2)20(6)16(22)11-19(5)10-15(21)18-17-13(3)8-7-9-14(17)4/h7-9,12H,10-11H2,1-6H3,(H,18,21)/p+1. The number of likely N-dealkylation sites (N-methyl/N-ethyl adjacent to an activating group) is 2. The molecule has 22 heavy (non-hydrogen) atoms. The molecule has 1 aromatic carbocycles. The maximum Gasteiger partial charge on any atom is 0.279 e. The lowest BCUT2D eigenvalue weighted by Gasteiger charge is -2.23. The van der Waals surface area contributed by atoms with E-state index in [1.807, 2.05) is 52.9 Å². The summed E-state index contributed by atoms with van der Waals surface area (Å²) < 4.78 is 0. The van der Waals surface area contributed by atoms with Crippen LogP contribution in [-0.2, 0) is 9.59 Å². The number of carbonyl (C=O) groups is 2. The van der Waals surface area contributed by atoms with Gasteiger partial charge in [0.2, 0.25) is 0 Å². The van der Waals surface area contributed by atoms with Gasteiger partial charge in [-0.15, -0.1) is 0 Å². The summed E-state index contributed by atoms with van der Waals surface area (Å²) in [5.41, 5.74) is 2.95. The van der Waals surface area contributed by atoms with E-state index in [0.717, 1.165) is 21.7 Å². The van der Waals surface area contributed by atoms with Crippen molar-refractivity contribution in [3.05, 3.63) is 29.3 Å². The molecule has 122 valence electrons. The molecule has 0 aliphatic heterocycles. The Morgan fingerprint density at radius 3 is 2.23 bits per heavy atom. The van der Waals surface area contributed by atoms with Crippen molar-refractivity contribution in [2.45, 2.75) is 33.7 Å². The van der Waals surface area contributed by atoms with Gasteiger partial charge in [-0.25, -0.2) is 0 Å². The van der Waals surface area contributed by atoms with E-state index in [1.165, 1.54) is 0 Å². The lowest BCUT2D eigenvalue weighted by atomic mass is 10.1. The number of aryl methyl sites for hydroxylation is 2. The number of anilines is 1. The molecule has 2 amide bonds. The molecular formula is C17H28N3O2+. The van der Waals surface area contributed by atoms with Gasteiger partial charge in [0.05, 0.1) is 7.05 Å². The highest BCUT2D eigenvalue weighted by atomic mass is 16.2. The van der Waals surface area contributed by atoms with Gasteiger partial charge in [-0.3, -0.25) is 9.59 Å². The fourth-order valence-corrected chi connectivity index (χ4v) is 2.20. The van der Waals surface area contributed by atoms with Gasteiger partial charge in [0, 0.05) is 18.8 Å². The summed E-state index contributed by atoms with van der Waals surface area (Å²) in [5, 5.41) is 2.95. The molecule has 0 saturated heterocycles. The molecule has 0 aromatic heterocycles. The quantitative estimate of drug-likeness (QED) is 0.810. The Morgan fingerprint density at radius 1 is 1.18 bits per heavy atom. The first-order chi connectivity index (χ1) is 10.2. The highest BCUT2D eigenvalue weighted by Gasteiger charge is 2.19. The molecule has 1 atom stereocenters. The summed E-state index contributed by atoms with van der Waals surface area (Å²) in [4.78, 5) is 26.7. The topological polar surface area (TPSA) is 53.9 Å². The van der Waals surface area contributed by atoms with Crippen LogP contribution >= 0.6 is 0 Å². The Balaban J connectivity index is 2.56. The SMILES string of the molecule is Cc1cccc(C)c1NC(=O)C[NH+](C)CC(=O)N(C)C(C)C. The van der Waals surface area contributed by atoms with E-state index in [4.69, 9.17) is 0 Å². The monoisotopic (exact) mass is 306 g/mol. The van der Waals surface area contributed by atoms with Crippen molar-refractivity contribution in [3.63, 3.8) is 0 Å². The van der Waals surface area contributed by atoms with E-state index in [1.54, 1.807) is 11.9 Å². The van der Waals surface area contributed by atoms with Gasteiger partial charge >= 0.3 is 0 Å². The molecule has 2 N–H and O–H groups in total. The van der Waals surface area contributed by atoms with Gasteiger partial charge in [-0.05, 0) is 38.8 Å². The predicted octanol–water partition coefficient (Wildman–Crippen LogP) is 0.623. The molecule has 5 nitrogen and oxygen atoms in total. The van der Waals surface area contributed by atoms with Gasteiger partial charge in [0.1, 0.15) is 0 Å². The number of rotatable bonds is 6. The van der Waals surface area contributed by atoms with Crippen LogP contribution in [0.25, 0.3) is 0 Å². The summed E-state index contributed by atoms with van der Waals surface area (Å²) in [6.07, 6.45) is 0. The molecule has 0 radical (unpaired) electrons. The Kier molecular flexibility index (Phi) is 6.56. The molecule has 0 aliphatic carbocycles. The normalized spacial score (nSPS) is 12.1. The van der Waals surface area contributed by atoms with E-state index >= 15 is 0 Å². The third-order valence-corrected chi connectivity index (χ3v) is 3.83. The summed E-state index contributed by atoms with van der Waals surface area (Å²) in [7, 11) is 3.65. The largest absolute Gasteiger partial charge is 0.338 e. The van der Waals surface area contributed by atoms with Gasteiger partial charge in [0.25, 0.3) is 11.8 Å². The minimum Gasteiger partial charge on any atom is -0.338 e. The molecule has 0 fully saturated rings. The molecule has 1 aromatic rings. The molecule has 0 saturated carbocycles. The molecule has 0 aliphatic rings. The van der Waals surface area contributed by atoms with Crippen molar-refractivity contribution in [3.8, 4) is 0 Å². The molecule has 5 heteroatoms. The molecule has 0 spiro atoms. The number of benzene rings is 1. The minimum atomic E-state index is -0.0742. The first-order valence-corrected chi connectivity index (χ1v) is 7.65. The molecule has 1 rings (SSSR count). The summed E-state index contributed by atoms with van der Waals surface area (Å²) in [6, 6.07) is 6.09. The smallest absolute Gasteiger partial charge is 0.279 e. The zero-order valence-corrected chi connectivity index (χ0v) is 14.5. The number of carbonyl (C=O) groups excluding carboxylic acids is 2. The second-order valence-electron chi connectivity index (χ2n) is 6.22. The molecule has 0 bridgehead atoms. The van der Waals surface area contributed by atoms with E-state index < -0.39 is 0 Å². The van der Waals surface area contributed by atoms with Crippen molar-refractivity contribution in [1.82, 2.24) is 4.90 Å². The number of hydrogen-bond acceptors (Lipinski definition) is 2. The Labute approximate surface area is 133 Å². The fourth-order valence-electron chi connectivity index (χ4n) is 2.20. The van der Waals surface area contributed by atoms with E-state index in [9.17, 15) is 9.59 Å². The van der Waals surface area contributed by atoms with Crippen LogP contribution in [0, 0.1) is 13.8 Å². The highest BCUT2D eigenvalue weighted by molar-refractivity contribution is 5.93. The Morgan fingerprint density at radius 2 is 1.73 bits per heavy atom. The second-order valence-corrected chi connectivity index (χ2v) is 6.22. The summed E-state index contributed by atoms with van der Waals surface area (Å²) in [5.74, 6) is -0.0257. The van der Waals surface area contributed by atoms with Crippen molar-refractivity contribution >= 4 is 17.5 Å². The van der Waals surface area contributed by atoms with Crippen molar-refractivity contribution < 1.29 is 14.5 Å². The first kappa shape index (κ1) is 18.2. The van der Waals surface area contributed by atoms with Crippen LogP contribution in [0.2, 0.25) is 0 Å². The zero-order valence-electron chi connectivity index (χ0n) is 14.5. The van der Waals surface area contributed by atoms with Crippen LogP contribution in [0.5, 0.6) is 0 Å². The number of amides is 2. The number of nitrogens with one attached hydrogen (secondary N) is 2. The second kappa shape index (κ2) is 7.94. The lowest BCUT2D eigenvalue weighted by Crippen LogP contribution is -3.11. The number of nitrogens with zero attached hydrogens (tertiary/aromatic N) is 1. The average Bonchev–Trinajstić information content (AvgIpc) is 2.41. The number of para-hydroxylation sites is 1. The van der Waals surface area contributed by atoms with Crippen LogP contribution in [-0.4, -0.2) is 49.9 Å². The zero-order chi connectivity index (χ0) is 16.9. The van der Waals surface area contributed by atoms with Crippen LogP contribution in [0.3, 0.4) is 0 Å². The molecule has 0 heterocycles. The fraction of sp³-hybridized carbons (Fsp3) is 0.529. The third-order valence-electron chi connectivity index (χ3n) is 3.83. The van der Waals surface area contributed by atoms with Crippen molar-refractivity contribution in [2.75, 3.05) is 32.5 Å². The van der Waals surface area contributed by atoms with Gasteiger partial charge in [-0.1, -0.05) is 18.2 Å². The van der Waals surface area contributed by atoms with E-state index in [-0.39, 0.29) is 24.4 Å². The summed E-state index contributed by atoms with van der Waals surface area (Å²) in [6.45, 7) is 8.47. The van der Waals surface area contributed by atoms with E-state index in [2.05, 4.69) is 5.32 Å². The first-order valence-electron chi connectivity index (χ1n) is 7.65. The lowest BCUT2D eigenvalue weighted by molar-refractivity contribution is -0.862. The Hall–Kier alpha value is -1.88. The molecular weight excluding hydrogens is 278 g/mol. The Bertz CT molecular complexity index is 520. The molecule has 1 unspecified atom stereocenters. The maximum atomic E-state index is 12.2. The number of hydrogen-bond donors (Lipinski definition) is 2. The third kappa shape index (κ3) is 5.15. The van der Waals surface area contributed by atoms with Crippen LogP contribution < -0.4 is 10.2 Å². The van der Waals surface area contributed by atoms with Crippen molar-refractivity contribution in [1.29, 1.82) is 0 Å². The van der Waals surface area contributed by atoms with Crippen LogP contribution in [0.4, 0.5) is 5.69 Å². The van der Waals surface area contributed by atoms with Crippen LogP contribution in [0.1, 0.15) is 25.0 Å². The minimum absolute atomic E-state index is 0.0485. The van der Waals surface area contributed by atoms with Crippen molar-refractivity contribution in [2.24, 2.45) is 0 Å². The van der Waals surface area contributed by atoms with Crippen LogP contribution in [0.15, 0.2) is 18.2 Å². The highest BCUT2D eigenvalue weighted by Crippen LogP contribution is 2.18. The maximum absolute atomic E-state index is 12.2. The number of quaternary nitrogens is 1. The van der Waals surface area contributed by atoms with Gasteiger partial charge in [0.15, 0.2) is 13.1 Å². The van der Waals surface area contributed by atoms with E-state index in [0.29, 0.717) is 6.54 Å². The van der Waals surface area contributed by atoms with Gasteiger partial charge < -0.3 is 15.1 Å².